The first-order valence-corrected chi connectivity index (χ1v) is 5.98. The first-order chi connectivity index (χ1) is 9.22. The number of hydrogen-bond donors (Lipinski definition) is 2. The lowest BCUT2D eigenvalue weighted by atomic mass is 10.2. The molecule has 6 heteroatoms. The van der Waals surface area contributed by atoms with E-state index in [2.05, 4.69) is 20.7 Å². The summed E-state index contributed by atoms with van der Waals surface area (Å²) in [5.41, 5.74) is 2.68. The molecule has 0 aliphatic carbocycles. The number of aromatic amines is 1. The Labute approximate surface area is 113 Å². The number of fused-ring (bicyclic) bond motifs is 1. The SMILES string of the molecule is O=C(Nc1ccc2[nH]nnc2c1)c1cccc(Cl)c1. The van der Waals surface area contributed by atoms with E-state index in [0.717, 1.165) is 5.52 Å². The Bertz CT molecular complexity index is 753. The third kappa shape index (κ3) is 2.41. The molecule has 1 aromatic heterocycles. The fraction of sp³-hybridized carbons (Fsp3) is 0. The minimum atomic E-state index is -0.217. The van der Waals surface area contributed by atoms with Crippen molar-refractivity contribution in [3.8, 4) is 0 Å². The van der Waals surface area contributed by atoms with Gasteiger partial charge in [-0.2, -0.15) is 0 Å². The van der Waals surface area contributed by atoms with Gasteiger partial charge in [0.15, 0.2) is 0 Å². The van der Waals surface area contributed by atoms with Gasteiger partial charge < -0.3 is 5.32 Å². The number of carbonyl (C=O) groups is 1. The molecule has 3 rings (SSSR count). The molecule has 94 valence electrons. The minimum absolute atomic E-state index is 0.217. The van der Waals surface area contributed by atoms with Crippen LogP contribution in [0.3, 0.4) is 0 Å². The van der Waals surface area contributed by atoms with Crippen LogP contribution in [0.2, 0.25) is 5.02 Å². The summed E-state index contributed by atoms with van der Waals surface area (Å²) in [5, 5.41) is 13.6. The highest BCUT2D eigenvalue weighted by Gasteiger charge is 2.07. The molecule has 0 radical (unpaired) electrons. The summed E-state index contributed by atoms with van der Waals surface area (Å²) < 4.78 is 0. The molecule has 0 atom stereocenters. The number of aromatic nitrogens is 3. The maximum Gasteiger partial charge on any atom is 0.255 e. The van der Waals surface area contributed by atoms with Gasteiger partial charge in [-0.3, -0.25) is 9.89 Å². The van der Waals surface area contributed by atoms with Gasteiger partial charge in [0.2, 0.25) is 0 Å². The molecule has 0 saturated heterocycles. The number of amides is 1. The van der Waals surface area contributed by atoms with E-state index in [0.29, 0.717) is 21.8 Å². The van der Waals surface area contributed by atoms with Crippen molar-refractivity contribution in [1.29, 1.82) is 0 Å². The van der Waals surface area contributed by atoms with Gasteiger partial charge in [0.05, 0.1) is 5.52 Å². The summed E-state index contributed by atoms with van der Waals surface area (Å²) >= 11 is 5.85. The van der Waals surface area contributed by atoms with Crippen molar-refractivity contribution in [3.63, 3.8) is 0 Å². The van der Waals surface area contributed by atoms with Crippen LogP contribution in [0.1, 0.15) is 10.4 Å². The van der Waals surface area contributed by atoms with Gasteiger partial charge in [-0.25, -0.2) is 0 Å². The molecule has 0 unspecified atom stereocenters. The monoisotopic (exact) mass is 272 g/mol. The van der Waals surface area contributed by atoms with E-state index in [1.54, 1.807) is 36.4 Å². The molecular weight excluding hydrogens is 264 g/mol. The first kappa shape index (κ1) is 11.7. The van der Waals surface area contributed by atoms with E-state index in [9.17, 15) is 4.79 Å². The zero-order chi connectivity index (χ0) is 13.2. The second-order valence-electron chi connectivity index (χ2n) is 4.01. The standard InChI is InChI=1S/C13H9ClN4O/c14-9-3-1-2-8(6-9)13(19)15-10-4-5-11-12(7-10)17-18-16-11/h1-7H,(H,15,19)(H,16,17,18). The Morgan fingerprint density at radius 2 is 2.11 bits per heavy atom. The maximum absolute atomic E-state index is 12.0. The number of anilines is 1. The van der Waals surface area contributed by atoms with Crippen LogP contribution >= 0.6 is 11.6 Å². The fourth-order valence-corrected chi connectivity index (χ4v) is 1.94. The van der Waals surface area contributed by atoms with Crippen LogP contribution in [0.25, 0.3) is 11.0 Å². The number of hydrogen-bond acceptors (Lipinski definition) is 3. The van der Waals surface area contributed by atoms with Crippen molar-refractivity contribution in [2.45, 2.75) is 0 Å². The van der Waals surface area contributed by atoms with E-state index in [-0.39, 0.29) is 5.91 Å². The fourth-order valence-electron chi connectivity index (χ4n) is 1.75. The van der Waals surface area contributed by atoms with E-state index in [4.69, 9.17) is 11.6 Å². The quantitative estimate of drug-likeness (QED) is 0.753. The molecule has 0 fully saturated rings. The predicted molar refractivity (Wildman–Crippen MR) is 73.3 cm³/mol. The summed E-state index contributed by atoms with van der Waals surface area (Å²) in [5.74, 6) is -0.217. The molecule has 2 aromatic carbocycles. The molecule has 0 bridgehead atoms. The summed E-state index contributed by atoms with van der Waals surface area (Å²) in [4.78, 5) is 12.0. The first-order valence-electron chi connectivity index (χ1n) is 5.60. The van der Waals surface area contributed by atoms with Crippen LogP contribution in [0.15, 0.2) is 42.5 Å². The Kier molecular flexibility index (Phi) is 2.89. The Hall–Kier alpha value is -2.40. The second kappa shape index (κ2) is 4.70. The number of rotatable bonds is 2. The number of nitrogens with zero attached hydrogens (tertiary/aromatic N) is 2. The molecule has 19 heavy (non-hydrogen) atoms. The van der Waals surface area contributed by atoms with Crippen molar-refractivity contribution in [2.24, 2.45) is 0 Å². The minimum Gasteiger partial charge on any atom is -0.322 e. The highest BCUT2D eigenvalue weighted by atomic mass is 35.5. The number of carbonyl (C=O) groups excluding carboxylic acids is 1. The van der Waals surface area contributed by atoms with Crippen molar-refractivity contribution in [3.05, 3.63) is 53.1 Å². The van der Waals surface area contributed by atoms with Crippen LogP contribution in [-0.4, -0.2) is 21.3 Å². The van der Waals surface area contributed by atoms with Gasteiger partial charge in [-0.1, -0.05) is 22.9 Å². The maximum atomic E-state index is 12.0. The average molecular weight is 273 g/mol. The Morgan fingerprint density at radius 1 is 1.21 bits per heavy atom. The van der Waals surface area contributed by atoms with E-state index in [1.165, 1.54) is 0 Å². The Morgan fingerprint density at radius 3 is 2.95 bits per heavy atom. The Balaban J connectivity index is 1.86. The largest absolute Gasteiger partial charge is 0.322 e. The summed E-state index contributed by atoms with van der Waals surface area (Å²) in [7, 11) is 0. The molecule has 1 heterocycles. The summed E-state index contributed by atoms with van der Waals surface area (Å²) in [6.07, 6.45) is 0. The van der Waals surface area contributed by atoms with Crippen LogP contribution in [0.5, 0.6) is 0 Å². The highest BCUT2D eigenvalue weighted by Crippen LogP contribution is 2.17. The van der Waals surface area contributed by atoms with E-state index in [1.807, 2.05) is 6.07 Å². The third-order valence-corrected chi connectivity index (χ3v) is 2.91. The molecule has 0 saturated carbocycles. The van der Waals surface area contributed by atoms with Crippen molar-refractivity contribution in [2.75, 3.05) is 5.32 Å². The molecule has 2 N–H and O–H groups in total. The number of halogens is 1. The molecule has 0 spiro atoms. The van der Waals surface area contributed by atoms with Crippen molar-refractivity contribution < 1.29 is 4.79 Å². The summed E-state index contributed by atoms with van der Waals surface area (Å²) in [6.45, 7) is 0. The smallest absolute Gasteiger partial charge is 0.255 e. The van der Waals surface area contributed by atoms with Gasteiger partial charge in [-0.05, 0) is 36.4 Å². The normalized spacial score (nSPS) is 10.6. The van der Waals surface area contributed by atoms with Gasteiger partial charge in [0.25, 0.3) is 5.91 Å². The summed E-state index contributed by atoms with van der Waals surface area (Å²) in [6, 6.07) is 12.1. The molecule has 5 nitrogen and oxygen atoms in total. The van der Waals surface area contributed by atoms with Crippen molar-refractivity contribution >= 4 is 34.2 Å². The average Bonchev–Trinajstić information content (AvgIpc) is 2.86. The third-order valence-electron chi connectivity index (χ3n) is 2.67. The van der Waals surface area contributed by atoms with Crippen LogP contribution in [0, 0.1) is 0 Å². The highest BCUT2D eigenvalue weighted by molar-refractivity contribution is 6.31. The molecule has 1 amide bonds. The topological polar surface area (TPSA) is 70.7 Å². The molecule has 0 aliphatic heterocycles. The lowest BCUT2D eigenvalue weighted by molar-refractivity contribution is 0.102. The molecule has 3 aromatic rings. The van der Waals surface area contributed by atoms with Gasteiger partial charge in [-0.15, -0.1) is 5.10 Å². The van der Waals surface area contributed by atoms with Crippen LogP contribution in [-0.2, 0) is 0 Å². The lowest BCUT2D eigenvalue weighted by Crippen LogP contribution is -2.11. The predicted octanol–water partition coefficient (Wildman–Crippen LogP) is 2.86. The van der Waals surface area contributed by atoms with Crippen molar-refractivity contribution in [1.82, 2.24) is 15.4 Å². The zero-order valence-corrected chi connectivity index (χ0v) is 10.5. The van der Waals surface area contributed by atoms with E-state index < -0.39 is 0 Å². The number of H-pyrrole nitrogens is 1. The number of benzene rings is 2. The molecular formula is C13H9ClN4O. The second-order valence-corrected chi connectivity index (χ2v) is 4.44. The van der Waals surface area contributed by atoms with Gasteiger partial charge in [0, 0.05) is 16.3 Å². The van der Waals surface area contributed by atoms with E-state index >= 15 is 0 Å². The van der Waals surface area contributed by atoms with Crippen LogP contribution < -0.4 is 5.32 Å². The molecule has 0 aliphatic rings. The van der Waals surface area contributed by atoms with Gasteiger partial charge in [0.1, 0.15) is 5.52 Å². The zero-order valence-electron chi connectivity index (χ0n) is 9.72. The van der Waals surface area contributed by atoms with Gasteiger partial charge >= 0.3 is 0 Å². The lowest BCUT2D eigenvalue weighted by Gasteiger charge is -2.05. The van der Waals surface area contributed by atoms with Crippen LogP contribution in [0.4, 0.5) is 5.69 Å². The number of nitrogens with one attached hydrogen (secondary N) is 2.